The van der Waals surface area contributed by atoms with Gasteiger partial charge in [0.15, 0.2) is 0 Å². The third-order valence-electron chi connectivity index (χ3n) is 4.08. The zero-order chi connectivity index (χ0) is 17.9. The molecule has 0 aliphatic carbocycles. The fraction of sp³-hybridized carbons (Fsp3) is 0.0500. The van der Waals surface area contributed by atoms with Gasteiger partial charge in [0.05, 0.1) is 0 Å². The fourth-order valence-electron chi connectivity index (χ4n) is 2.76. The van der Waals surface area contributed by atoms with Crippen LogP contribution in [-0.4, -0.2) is 20.7 Å². The molecule has 0 bridgehead atoms. The highest BCUT2D eigenvalue weighted by Gasteiger charge is 2.11. The van der Waals surface area contributed by atoms with E-state index in [4.69, 9.17) is 4.42 Å². The maximum atomic E-state index is 12.7. The van der Waals surface area contributed by atoms with Crippen molar-refractivity contribution in [2.75, 3.05) is 5.32 Å². The van der Waals surface area contributed by atoms with Gasteiger partial charge in [-0.2, -0.15) is 0 Å². The average Bonchev–Trinajstić information content (AvgIpc) is 3.36. The van der Waals surface area contributed by atoms with E-state index in [9.17, 15) is 4.79 Å². The summed E-state index contributed by atoms with van der Waals surface area (Å²) in [5, 5.41) is 10.5. The van der Waals surface area contributed by atoms with Crippen LogP contribution in [0.15, 0.2) is 77.8 Å². The Hall–Kier alpha value is -3.67. The number of benzene rings is 2. The van der Waals surface area contributed by atoms with E-state index in [0.29, 0.717) is 17.1 Å². The molecular weight excluding hydrogens is 328 g/mol. The number of amides is 1. The van der Waals surface area contributed by atoms with Gasteiger partial charge in [-0.15, -0.1) is 10.2 Å². The third-order valence-corrected chi connectivity index (χ3v) is 4.08. The van der Waals surface area contributed by atoms with E-state index in [0.717, 1.165) is 16.8 Å². The van der Waals surface area contributed by atoms with Crippen LogP contribution in [0.3, 0.4) is 0 Å². The van der Waals surface area contributed by atoms with Crippen molar-refractivity contribution in [2.45, 2.75) is 6.92 Å². The van der Waals surface area contributed by atoms with Crippen molar-refractivity contribution in [3.63, 3.8) is 0 Å². The summed E-state index contributed by atoms with van der Waals surface area (Å²) in [4.78, 5) is 12.7. The molecule has 0 aliphatic heterocycles. The molecule has 1 amide bonds. The van der Waals surface area contributed by atoms with Crippen molar-refractivity contribution in [2.24, 2.45) is 0 Å². The van der Waals surface area contributed by atoms with Crippen molar-refractivity contribution in [3.8, 4) is 17.1 Å². The SMILES string of the molecule is Cc1ccc(C(=O)Nc2cccc(-c3nnco3)c2)cc1-n1cccc1. The molecule has 0 fully saturated rings. The minimum Gasteiger partial charge on any atom is -0.423 e. The van der Waals surface area contributed by atoms with Crippen molar-refractivity contribution in [3.05, 3.63) is 84.5 Å². The van der Waals surface area contributed by atoms with E-state index in [1.165, 1.54) is 6.39 Å². The molecule has 4 aromatic rings. The summed E-state index contributed by atoms with van der Waals surface area (Å²) in [6.45, 7) is 2.02. The summed E-state index contributed by atoms with van der Waals surface area (Å²) >= 11 is 0. The molecule has 0 aliphatic rings. The number of nitrogens with one attached hydrogen (secondary N) is 1. The maximum Gasteiger partial charge on any atom is 0.255 e. The van der Waals surface area contributed by atoms with Gasteiger partial charge in [0.2, 0.25) is 12.3 Å². The average molecular weight is 344 g/mol. The number of nitrogens with zero attached hydrogens (tertiary/aromatic N) is 3. The van der Waals surface area contributed by atoms with Crippen LogP contribution in [0.25, 0.3) is 17.1 Å². The van der Waals surface area contributed by atoms with Gasteiger partial charge in [-0.3, -0.25) is 4.79 Å². The summed E-state index contributed by atoms with van der Waals surface area (Å²) in [6, 6.07) is 16.8. The Kier molecular flexibility index (Phi) is 4.07. The highest BCUT2D eigenvalue weighted by Crippen LogP contribution is 2.22. The van der Waals surface area contributed by atoms with E-state index in [1.807, 2.05) is 72.4 Å². The zero-order valence-electron chi connectivity index (χ0n) is 14.1. The Morgan fingerprint density at radius 3 is 2.69 bits per heavy atom. The van der Waals surface area contributed by atoms with E-state index >= 15 is 0 Å². The second kappa shape index (κ2) is 6.68. The Labute approximate surface area is 150 Å². The van der Waals surface area contributed by atoms with Crippen LogP contribution in [-0.2, 0) is 0 Å². The lowest BCUT2D eigenvalue weighted by molar-refractivity contribution is 0.102. The summed E-state index contributed by atoms with van der Waals surface area (Å²) in [5.41, 5.74) is 4.06. The molecule has 2 heterocycles. The second-order valence-electron chi connectivity index (χ2n) is 5.87. The van der Waals surface area contributed by atoms with Gasteiger partial charge >= 0.3 is 0 Å². The molecule has 0 saturated heterocycles. The van der Waals surface area contributed by atoms with Crippen molar-refractivity contribution < 1.29 is 9.21 Å². The molecule has 0 unspecified atom stereocenters. The van der Waals surface area contributed by atoms with Crippen LogP contribution in [0.2, 0.25) is 0 Å². The molecule has 0 saturated carbocycles. The summed E-state index contributed by atoms with van der Waals surface area (Å²) in [7, 11) is 0. The van der Waals surface area contributed by atoms with E-state index < -0.39 is 0 Å². The molecule has 0 atom stereocenters. The number of anilines is 1. The van der Waals surface area contributed by atoms with Crippen molar-refractivity contribution in [1.82, 2.24) is 14.8 Å². The van der Waals surface area contributed by atoms with Gasteiger partial charge in [0.1, 0.15) is 0 Å². The quantitative estimate of drug-likeness (QED) is 0.605. The first-order valence-electron chi connectivity index (χ1n) is 8.13. The lowest BCUT2D eigenvalue weighted by Gasteiger charge is -2.11. The van der Waals surface area contributed by atoms with E-state index in [1.54, 1.807) is 6.07 Å². The molecule has 6 nitrogen and oxygen atoms in total. The Balaban J connectivity index is 1.59. The zero-order valence-corrected chi connectivity index (χ0v) is 14.1. The minimum atomic E-state index is -0.180. The largest absolute Gasteiger partial charge is 0.423 e. The maximum absolute atomic E-state index is 12.7. The molecule has 2 aromatic carbocycles. The number of rotatable bonds is 4. The van der Waals surface area contributed by atoms with Crippen molar-refractivity contribution >= 4 is 11.6 Å². The first-order chi connectivity index (χ1) is 12.7. The fourth-order valence-corrected chi connectivity index (χ4v) is 2.76. The van der Waals surface area contributed by atoms with Crippen molar-refractivity contribution in [1.29, 1.82) is 0 Å². The van der Waals surface area contributed by atoms with Crippen LogP contribution in [0.4, 0.5) is 5.69 Å². The third kappa shape index (κ3) is 3.12. The van der Waals surface area contributed by atoms with Crippen LogP contribution < -0.4 is 5.32 Å². The molecule has 128 valence electrons. The molecule has 1 N–H and O–H groups in total. The van der Waals surface area contributed by atoms with Gasteiger partial charge in [0.25, 0.3) is 5.91 Å². The van der Waals surface area contributed by atoms with Crippen LogP contribution in [0, 0.1) is 6.92 Å². The second-order valence-corrected chi connectivity index (χ2v) is 5.87. The summed E-state index contributed by atoms with van der Waals surface area (Å²) in [6.07, 6.45) is 5.19. The normalized spacial score (nSPS) is 10.7. The first-order valence-corrected chi connectivity index (χ1v) is 8.13. The number of carbonyl (C=O) groups is 1. The number of aromatic nitrogens is 3. The van der Waals surface area contributed by atoms with E-state index in [-0.39, 0.29) is 5.91 Å². The highest BCUT2D eigenvalue weighted by molar-refractivity contribution is 6.04. The smallest absolute Gasteiger partial charge is 0.255 e. The topological polar surface area (TPSA) is 73.0 Å². The molecule has 2 aromatic heterocycles. The molecular formula is C20H16N4O2. The predicted octanol–water partition coefficient (Wildman–Crippen LogP) is 4.09. The van der Waals surface area contributed by atoms with Gasteiger partial charge in [-0.05, 0) is 55.0 Å². The number of hydrogen-bond acceptors (Lipinski definition) is 4. The van der Waals surface area contributed by atoms with Crippen LogP contribution >= 0.6 is 0 Å². The lowest BCUT2D eigenvalue weighted by Crippen LogP contribution is -2.12. The molecule has 6 heteroatoms. The van der Waals surface area contributed by atoms with E-state index in [2.05, 4.69) is 15.5 Å². The number of carbonyl (C=O) groups excluding carboxylic acids is 1. The first kappa shape index (κ1) is 15.8. The van der Waals surface area contributed by atoms with Crippen LogP contribution in [0.1, 0.15) is 15.9 Å². The summed E-state index contributed by atoms with van der Waals surface area (Å²) in [5.74, 6) is 0.229. The molecule has 0 radical (unpaired) electrons. The van der Waals surface area contributed by atoms with Gasteiger partial charge in [-0.25, -0.2) is 0 Å². The predicted molar refractivity (Wildman–Crippen MR) is 98.2 cm³/mol. The lowest BCUT2D eigenvalue weighted by atomic mass is 10.1. The number of aryl methyl sites for hydroxylation is 1. The Bertz CT molecular complexity index is 1040. The molecule has 0 spiro atoms. The van der Waals surface area contributed by atoms with Crippen LogP contribution in [0.5, 0.6) is 0 Å². The minimum absolute atomic E-state index is 0.180. The molecule has 4 rings (SSSR count). The Morgan fingerprint density at radius 1 is 1.08 bits per heavy atom. The van der Waals surface area contributed by atoms with Gasteiger partial charge in [0, 0.05) is 34.9 Å². The monoisotopic (exact) mass is 344 g/mol. The Morgan fingerprint density at radius 2 is 1.92 bits per heavy atom. The van der Waals surface area contributed by atoms with Gasteiger partial charge < -0.3 is 14.3 Å². The standard InChI is InChI=1S/C20H16N4O2/c1-14-7-8-15(12-18(14)24-9-2-3-10-24)19(25)22-17-6-4-5-16(11-17)20-23-21-13-26-20/h2-13H,1H3,(H,22,25). The highest BCUT2D eigenvalue weighted by atomic mass is 16.4. The molecule has 26 heavy (non-hydrogen) atoms. The number of hydrogen-bond donors (Lipinski definition) is 1. The summed E-state index contributed by atoms with van der Waals surface area (Å²) < 4.78 is 7.19. The van der Waals surface area contributed by atoms with Gasteiger partial charge in [-0.1, -0.05) is 12.1 Å².